The van der Waals surface area contributed by atoms with Gasteiger partial charge in [0.25, 0.3) is 0 Å². The van der Waals surface area contributed by atoms with Crippen LogP contribution in [0.3, 0.4) is 0 Å². The van der Waals surface area contributed by atoms with Crippen LogP contribution in [0.4, 0.5) is 0 Å². The molecule has 2 aliphatic carbocycles. The lowest BCUT2D eigenvalue weighted by molar-refractivity contribution is -0.134. The second-order valence-corrected chi connectivity index (χ2v) is 7.31. The first kappa shape index (κ1) is 13.3. The van der Waals surface area contributed by atoms with Crippen molar-refractivity contribution in [2.24, 2.45) is 5.92 Å². The van der Waals surface area contributed by atoms with Crippen molar-refractivity contribution < 1.29 is 4.79 Å². The van der Waals surface area contributed by atoms with Crippen molar-refractivity contribution in [1.82, 2.24) is 15.1 Å². The highest BCUT2D eigenvalue weighted by atomic mass is 16.2. The van der Waals surface area contributed by atoms with Crippen LogP contribution in [0.2, 0.25) is 0 Å². The minimum Gasteiger partial charge on any atom is -0.338 e. The first-order chi connectivity index (χ1) is 11.3. The number of rotatable bonds is 1. The summed E-state index contributed by atoms with van der Waals surface area (Å²) < 4.78 is 0. The van der Waals surface area contributed by atoms with E-state index < -0.39 is 0 Å². The van der Waals surface area contributed by atoms with Crippen LogP contribution in [0.1, 0.15) is 41.6 Å². The molecule has 1 spiro atoms. The van der Waals surface area contributed by atoms with Gasteiger partial charge in [-0.05, 0) is 36.8 Å². The molecule has 0 bridgehead atoms. The summed E-state index contributed by atoms with van der Waals surface area (Å²) in [6.45, 7) is 1.54. The number of carbonyl (C=O) groups is 1. The van der Waals surface area contributed by atoms with Crippen LogP contribution in [0.15, 0.2) is 30.5 Å². The zero-order valence-corrected chi connectivity index (χ0v) is 13.2. The third kappa shape index (κ3) is 1.90. The normalized spacial score (nSPS) is 28.3. The van der Waals surface area contributed by atoms with Crippen LogP contribution in [0.5, 0.6) is 0 Å². The SMILES string of the molecule is O=C([C@@H]1C[C@]12CCCc1ccccc12)N1CCc2[nH]ncc2C1. The number of aryl methyl sites for hydroxylation is 1. The van der Waals surface area contributed by atoms with Gasteiger partial charge in [0.05, 0.1) is 6.20 Å². The standard InChI is InChI=1S/C19H21N3O/c23-18(22-9-7-17-14(12-22)11-20-21-17)16-10-19(16)8-3-5-13-4-1-2-6-15(13)19/h1-2,4,6,11,16H,3,5,7-10,12H2,(H,20,21)/t16-,19-/m0/s1. The Morgan fingerprint density at radius 3 is 3.13 bits per heavy atom. The third-order valence-electron chi connectivity index (χ3n) is 6.11. The summed E-state index contributed by atoms with van der Waals surface area (Å²) in [7, 11) is 0. The quantitative estimate of drug-likeness (QED) is 0.880. The largest absolute Gasteiger partial charge is 0.338 e. The van der Waals surface area contributed by atoms with E-state index in [1.54, 1.807) is 0 Å². The number of hydrogen-bond donors (Lipinski definition) is 1. The van der Waals surface area contributed by atoms with E-state index >= 15 is 0 Å². The molecule has 23 heavy (non-hydrogen) atoms. The van der Waals surface area contributed by atoms with Gasteiger partial charge in [0, 0.05) is 42.1 Å². The number of fused-ring (bicyclic) bond motifs is 3. The molecule has 1 amide bonds. The van der Waals surface area contributed by atoms with Crippen molar-refractivity contribution >= 4 is 5.91 Å². The molecule has 2 heterocycles. The smallest absolute Gasteiger partial charge is 0.226 e. The van der Waals surface area contributed by atoms with Gasteiger partial charge >= 0.3 is 0 Å². The highest BCUT2D eigenvalue weighted by Gasteiger charge is 2.60. The number of aromatic nitrogens is 2. The van der Waals surface area contributed by atoms with E-state index in [9.17, 15) is 4.79 Å². The predicted octanol–water partition coefficient (Wildman–Crippen LogP) is 2.59. The van der Waals surface area contributed by atoms with E-state index in [0.29, 0.717) is 5.91 Å². The Hall–Kier alpha value is -2.10. The number of hydrogen-bond acceptors (Lipinski definition) is 2. The lowest BCUT2D eigenvalue weighted by atomic mass is 9.78. The van der Waals surface area contributed by atoms with Crippen molar-refractivity contribution in [2.45, 2.75) is 44.1 Å². The maximum absolute atomic E-state index is 13.1. The van der Waals surface area contributed by atoms with E-state index in [0.717, 1.165) is 25.9 Å². The lowest BCUT2D eigenvalue weighted by Crippen LogP contribution is -2.38. The van der Waals surface area contributed by atoms with E-state index in [1.807, 2.05) is 6.20 Å². The number of H-pyrrole nitrogens is 1. The van der Waals surface area contributed by atoms with E-state index in [2.05, 4.69) is 39.4 Å². The van der Waals surface area contributed by atoms with E-state index in [1.165, 1.54) is 41.6 Å². The Morgan fingerprint density at radius 1 is 1.26 bits per heavy atom. The Labute approximate surface area is 135 Å². The van der Waals surface area contributed by atoms with E-state index in [4.69, 9.17) is 0 Å². The summed E-state index contributed by atoms with van der Waals surface area (Å²) in [5, 5.41) is 7.15. The average Bonchev–Trinajstić information content (AvgIpc) is 3.10. The predicted molar refractivity (Wildman–Crippen MR) is 86.9 cm³/mol. The van der Waals surface area contributed by atoms with Crippen molar-refractivity contribution in [3.8, 4) is 0 Å². The molecule has 1 fully saturated rings. The topological polar surface area (TPSA) is 49.0 Å². The molecule has 2 aromatic rings. The number of carbonyl (C=O) groups excluding carboxylic acids is 1. The highest BCUT2D eigenvalue weighted by Crippen LogP contribution is 2.60. The summed E-state index contributed by atoms with van der Waals surface area (Å²) in [6, 6.07) is 8.76. The van der Waals surface area contributed by atoms with Crippen LogP contribution in [0, 0.1) is 5.92 Å². The molecule has 1 aromatic carbocycles. The Balaban J connectivity index is 1.40. The van der Waals surface area contributed by atoms with Gasteiger partial charge in [-0.3, -0.25) is 9.89 Å². The summed E-state index contributed by atoms with van der Waals surface area (Å²) in [6.07, 6.45) is 7.36. The summed E-state index contributed by atoms with van der Waals surface area (Å²) in [5.74, 6) is 0.547. The minimum atomic E-state index is 0.141. The van der Waals surface area contributed by atoms with Crippen molar-refractivity contribution in [3.05, 3.63) is 52.8 Å². The molecule has 4 heteroatoms. The molecule has 1 aromatic heterocycles. The molecule has 118 valence electrons. The fraction of sp³-hybridized carbons (Fsp3) is 0.474. The van der Waals surface area contributed by atoms with Gasteiger partial charge in [-0.2, -0.15) is 5.10 Å². The summed E-state index contributed by atoms with van der Waals surface area (Å²) in [5.41, 5.74) is 5.43. The van der Waals surface area contributed by atoms with Crippen LogP contribution in [-0.4, -0.2) is 27.5 Å². The average molecular weight is 307 g/mol. The molecule has 5 rings (SSSR count). The van der Waals surface area contributed by atoms with E-state index in [-0.39, 0.29) is 11.3 Å². The molecular weight excluding hydrogens is 286 g/mol. The van der Waals surface area contributed by atoms with Gasteiger partial charge in [0.15, 0.2) is 0 Å². The Morgan fingerprint density at radius 2 is 2.17 bits per heavy atom. The molecule has 0 unspecified atom stereocenters. The van der Waals surface area contributed by atoms with Gasteiger partial charge in [0.1, 0.15) is 0 Å². The van der Waals surface area contributed by atoms with Gasteiger partial charge in [-0.25, -0.2) is 0 Å². The number of nitrogens with zero attached hydrogens (tertiary/aromatic N) is 2. The van der Waals surface area contributed by atoms with Crippen molar-refractivity contribution in [2.75, 3.05) is 6.54 Å². The molecule has 0 radical (unpaired) electrons. The van der Waals surface area contributed by atoms with Crippen molar-refractivity contribution in [1.29, 1.82) is 0 Å². The molecule has 3 aliphatic rings. The molecule has 1 saturated carbocycles. The molecule has 0 saturated heterocycles. The van der Waals surface area contributed by atoms with Crippen LogP contribution >= 0.6 is 0 Å². The van der Waals surface area contributed by atoms with Gasteiger partial charge in [-0.15, -0.1) is 0 Å². The zero-order chi connectivity index (χ0) is 15.4. The fourth-order valence-electron chi connectivity index (χ4n) is 4.79. The number of nitrogens with one attached hydrogen (secondary N) is 1. The van der Waals surface area contributed by atoms with Gasteiger partial charge < -0.3 is 4.90 Å². The van der Waals surface area contributed by atoms with Gasteiger partial charge in [0.2, 0.25) is 5.91 Å². The minimum absolute atomic E-state index is 0.141. The molecule has 4 nitrogen and oxygen atoms in total. The fourth-order valence-corrected chi connectivity index (χ4v) is 4.79. The first-order valence-electron chi connectivity index (χ1n) is 8.66. The number of amides is 1. The summed E-state index contributed by atoms with van der Waals surface area (Å²) in [4.78, 5) is 15.1. The highest BCUT2D eigenvalue weighted by molar-refractivity contribution is 5.85. The second kappa shape index (κ2) is 4.70. The van der Waals surface area contributed by atoms with Crippen LogP contribution < -0.4 is 0 Å². The first-order valence-corrected chi connectivity index (χ1v) is 8.66. The molecule has 2 atom stereocenters. The zero-order valence-electron chi connectivity index (χ0n) is 13.2. The summed E-state index contributed by atoms with van der Waals surface area (Å²) >= 11 is 0. The second-order valence-electron chi connectivity index (χ2n) is 7.31. The van der Waals surface area contributed by atoms with Gasteiger partial charge in [-0.1, -0.05) is 24.3 Å². The Bertz CT molecular complexity index is 780. The molecular formula is C19H21N3O. The lowest BCUT2D eigenvalue weighted by Gasteiger charge is -2.30. The third-order valence-corrected chi connectivity index (χ3v) is 6.11. The molecule has 1 aliphatic heterocycles. The maximum Gasteiger partial charge on any atom is 0.226 e. The monoisotopic (exact) mass is 307 g/mol. The van der Waals surface area contributed by atoms with Crippen LogP contribution in [-0.2, 0) is 29.6 Å². The van der Waals surface area contributed by atoms with Crippen LogP contribution in [0.25, 0.3) is 0 Å². The Kier molecular flexibility index (Phi) is 2.73. The molecule has 1 N–H and O–H groups in total. The maximum atomic E-state index is 13.1. The van der Waals surface area contributed by atoms with Crippen molar-refractivity contribution in [3.63, 3.8) is 0 Å². The number of benzene rings is 1. The number of aromatic amines is 1.